The third-order valence-electron chi connectivity index (χ3n) is 2.10. The maximum atomic E-state index is 11.3. The Kier molecular flexibility index (Phi) is 6.64. The molecule has 0 heterocycles. The lowest BCUT2D eigenvalue weighted by Crippen LogP contribution is -2.32. The Labute approximate surface area is 101 Å². The van der Waals surface area contributed by atoms with Crippen molar-refractivity contribution in [2.75, 3.05) is 0 Å². The quantitative estimate of drug-likeness (QED) is 0.414. The lowest BCUT2D eigenvalue weighted by molar-refractivity contribution is -0.150. The molecule has 2 N–H and O–H groups in total. The van der Waals surface area contributed by atoms with Gasteiger partial charge in [0, 0.05) is 5.57 Å². The first-order valence-corrected chi connectivity index (χ1v) is 6.84. The van der Waals surface area contributed by atoms with Gasteiger partial charge in [-0.05, 0) is 19.8 Å². The third-order valence-corrected chi connectivity index (χ3v) is 2.64. The van der Waals surface area contributed by atoms with Gasteiger partial charge in [-0.3, -0.25) is 4.52 Å². The number of esters is 1. The molecule has 100 valence electrons. The summed E-state index contributed by atoms with van der Waals surface area (Å²) in [4.78, 5) is 28.8. The van der Waals surface area contributed by atoms with Crippen molar-refractivity contribution in [3.63, 3.8) is 0 Å². The fraction of sp³-hybridized carbons (Fsp3) is 0.700. The van der Waals surface area contributed by atoms with Gasteiger partial charge in [0.25, 0.3) is 0 Å². The summed E-state index contributed by atoms with van der Waals surface area (Å²) in [6, 6.07) is 0. The molecule has 0 amide bonds. The Morgan fingerprint density at radius 3 is 2.06 bits per heavy atom. The van der Waals surface area contributed by atoms with Crippen LogP contribution in [0.2, 0.25) is 0 Å². The summed E-state index contributed by atoms with van der Waals surface area (Å²) < 4.78 is 20.4. The normalized spacial score (nSPS) is 15.1. The number of phosphoric acid groups is 1. The van der Waals surface area contributed by atoms with E-state index >= 15 is 0 Å². The van der Waals surface area contributed by atoms with E-state index in [0.29, 0.717) is 12.8 Å². The minimum atomic E-state index is -4.59. The minimum Gasteiger partial charge on any atom is -0.456 e. The Morgan fingerprint density at radius 1 is 1.29 bits per heavy atom. The van der Waals surface area contributed by atoms with Gasteiger partial charge in [0.15, 0.2) is 0 Å². The first-order chi connectivity index (χ1) is 7.71. The molecular weight excluding hydrogens is 247 g/mol. The number of hydrogen-bond donors (Lipinski definition) is 2. The number of carbonyl (C=O) groups excluding carboxylic acids is 1. The smallest absolute Gasteiger partial charge is 0.456 e. The molecule has 0 radical (unpaired) electrons. The molecule has 0 aromatic heterocycles. The van der Waals surface area contributed by atoms with Crippen molar-refractivity contribution >= 4 is 13.8 Å². The number of hydrogen-bond acceptors (Lipinski definition) is 4. The predicted molar refractivity (Wildman–Crippen MR) is 62.2 cm³/mol. The lowest BCUT2D eigenvalue weighted by atomic mass is 10.1. The van der Waals surface area contributed by atoms with Crippen LogP contribution in [0, 0.1) is 0 Å². The van der Waals surface area contributed by atoms with E-state index in [1.807, 2.05) is 0 Å². The summed E-state index contributed by atoms with van der Waals surface area (Å²) in [6.45, 7) is 8.36. The van der Waals surface area contributed by atoms with Crippen LogP contribution >= 0.6 is 7.82 Å². The van der Waals surface area contributed by atoms with Crippen LogP contribution in [0.5, 0.6) is 0 Å². The second kappa shape index (κ2) is 6.91. The first-order valence-electron chi connectivity index (χ1n) is 5.31. The maximum absolute atomic E-state index is 11.3. The third kappa shape index (κ3) is 6.58. The topological polar surface area (TPSA) is 93.1 Å². The lowest BCUT2D eigenvalue weighted by Gasteiger charge is -2.25. The van der Waals surface area contributed by atoms with Gasteiger partial charge in [0.2, 0.25) is 0 Å². The SMILES string of the molecule is C=C(C)C(=O)OC(CC)C(CC)OP(=O)(O)O. The Morgan fingerprint density at radius 2 is 1.76 bits per heavy atom. The van der Waals surface area contributed by atoms with E-state index in [2.05, 4.69) is 11.1 Å². The summed E-state index contributed by atoms with van der Waals surface area (Å²) in [5.41, 5.74) is 0.231. The highest BCUT2D eigenvalue weighted by atomic mass is 31.2. The number of phosphoric ester groups is 1. The molecular formula is C10H19O6P. The highest BCUT2D eigenvalue weighted by Crippen LogP contribution is 2.39. The fourth-order valence-corrected chi connectivity index (χ4v) is 1.88. The number of ether oxygens (including phenoxy) is 1. The summed E-state index contributed by atoms with van der Waals surface area (Å²) >= 11 is 0. The van der Waals surface area contributed by atoms with Crippen molar-refractivity contribution in [3.05, 3.63) is 12.2 Å². The van der Waals surface area contributed by atoms with Gasteiger partial charge in [-0.1, -0.05) is 20.4 Å². The molecule has 0 spiro atoms. The maximum Gasteiger partial charge on any atom is 0.469 e. The van der Waals surface area contributed by atoms with Crippen LogP contribution in [0.4, 0.5) is 0 Å². The summed E-state index contributed by atoms with van der Waals surface area (Å²) in [5, 5.41) is 0. The highest BCUT2D eigenvalue weighted by molar-refractivity contribution is 7.46. The zero-order valence-electron chi connectivity index (χ0n) is 10.3. The average Bonchev–Trinajstić information content (AvgIpc) is 2.20. The number of carbonyl (C=O) groups is 1. The van der Waals surface area contributed by atoms with E-state index in [-0.39, 0.29) is 5.57 Å². The van der Waals surface area contributed by atoms with E-state index in [1.54, 1.807) is 13.8 Å². The van der Waals surface area contributed by atoms with Gasteiger partial charge in [-0.2, -0.15) is 0 Å². The molecule has 0 bridgehead atoms. The van der Waals surface area contributed by atoms with Crippen LogP contribution in [-0.4, -0.2) is 28.0 Å². The molecule has 0 saturated heterocycles. The number of rotatable bonds is 7. The zero-order chi connectivity index (χ0) is 13.6. The molecule has 0 fully saturated rings. The van der Waals surface area contributed by atoms with Crippen molar-refractivity contribution in [1.29, 1.82) is 0 Å². The molecule has 0 aromatic rings. The van der Waals surface area contributed by atoms with E-state index in [0.717, 1.165) is 0 Å². The second-order valence-corrected chi connectivity index (χ2v) is 4.87. The minimum absolute atomic E-state index is 0.231. The second-order valence-electron chi connectivity index (χ2n) is 3.68. The van der Waals surface area contributed by atoms with Crippen molar-refractivity contribution < 1.29 is 28.4 Å². The van der Waals surface area contributed by atoms with Crippen LogP contribution in [-0.2, 0) is 18.6 Å². The first kappa shape index (κ1) is 16.3. The summed E-state index contributed by atoms with van der Waals surface area (Å²) in [6.07, 6.45) is -0.800. The van der Waals surface area contributed by atoms with Gasteiger partial charge < -0.3 is 14.5 Å². The van der Waals surface area contributed by atoms with Crippen LogP contribution in [0.15, 0.2) is 12.2 Å². The van der Waals surface area contributed by atoms with Crippen LogP contribution < -0.4 is 0 Å². The van der Waals surface area contributed by atoms with Gasteiger partial charge in [0.1, 0.15) is 12.2 Å². The van der Waals surface area contributed by atoms with Crippen molar-refractivity contribution in [3.8, 4) is 0 Å². The average molecular weight is 266 g/mol. The molecule has 0 aliphatic rings. The molecule has 0 aromatic carbocycles. The molecule has 17 heavy (non-hydrogen) atoms. The Bertz CT molecular complexity index is 321. The van der Waals surface area contributed by atoms with Gasteiger partial charge in [-0.25, -0.2) is 9.36 Å². The predicted octanol–water partition coefficient (Wildman–Crippen LogP) is 1.77. The van der Waals surface area contributed by atoms with Crippen LogP contribution in [0.3, 0.4) is 0 Å². The van der Waals surface area contributed by atoms with Gasteiger partial charge in [-0.15, -0.1) is 0 Å². The standard InChI is InChI=1S/C10H19O6P/c1-5-8(15-10(11)7(3)4)9(6-2)16-17(12,13)14/h8-9H,3,5-6H2,1-2,4H3,(H2,12,13,14). The van der Waals surface area contributed by atoms with E-state index < -0.39 is 26.0 Å². The molecule has 0 aliphatic carbocycles. The van der Waals surface area contributed by atoms with E-state index in [9.17, 15) is 9.36 Å². The fourth-order valence-electron chi connectivity index (χ4n) is 1.24. The molecule has 7 heteroatoms. The molecule has 2 atom stereocenters. The van der Waals surface area contributed by atoms with Crippen molar-refractivity contribution in [2.24, 2.45) is 0 Å². The molecule has 6 nitrogen and oxygen atoms in total. The van der Waals surface area contributed by atoms with Gasteiger partial charge in [0.05, 0.1) is 0 Å². The molecule has 2 unspecified atom stereocenters. The Hall–Kier alpha value is -0.680. The molecule has 0 saturated carbocycles. The summed E-state index contributed by atoms with van der Waals surface area (Å²) in [7, 11) is -4.59. The van der Waals surface area contributed by atoms with Crippen molar-refractivity contribution in [1.82, 2.24) is 0 Å². The zero-order valence-corrected chi connectivity index (χ0v) is 11.1. The molecule has 0 rings (SSSR count). The highest BCUT2D eigenvalue weighted by Gasteiger charge is 2.29. The summed E-state index contributed by atoms with van der Waals surface area (Å²) in [5.74, 6) is -0.593. The monoisotopic (exact) mass is 266 g/mol. The van der Waals surface area contributed by atoms with E-state index in [1.165, 1.54) is 6.92 Å². The van der Waals surface area contributed by atoms with Crippen LogP contribution in [0.1, 0.15) is 33.6 Å². The Balaban J connectivity index is 4.65. The largest absolute Gasteiger partial charge is 0.469 e. The van der Waals surface area contributed by atoms with Gasteiger partial charge >= 0.3 is 13.8 Å². The van der Waals surface area contributed by atoms with Crippen LogP contribution in [0.25, 0.3) is 0 Å². The van der Waals surface area contributed by atoms with Crippen molar-refractivity contribution in [2.45, 2.75) is 45.8 Å². The molecule has 0 aliphatic heterocycles. The van der Waals surface area contributed by atoms with E-state index in [4.69, 9.17) is 14.5 Å².